The number of carbonyl (C=O) groups excluding carboxylic acids is 1. The molecule has 0 spiro atoms. The van der Waals surface area contributed by atoms with E-state index in [0.29, 0.717) is 18.0 Å². The van der Waals surface area contributed by atoms with Gasteiger partial charge in [0, 0.05) is 22.4 Å². The van der Waals surface area contributed by atoms with Gasteiger partial charge in [0.05, 0.1) is 26.5 Å². The average Bonchev–Trinajstić information content (AvgIpc) is 2.77. The number of nitrogens with zero attached hydrogens (tertiary/aromatic N) is 2. The number of carbonyl (C=O) groups is 1. The third-order valence-electron chi connectivity index (χ3n) is 4.28. The number of pyridine rings is 1. The quantitative estimate of drug-likeness (QED) is 0.467. The average molecular weight is 453 g/mol. The Morgan fingerprint density at radius 2 is 1.79 bits per heavy atom. The van der Waals surface area contributed by atoms with Crippen molar-refractivity contribution in [2.24, 2.45) is 0 Å². The molecule has 0 bridgehead atoms. The second kappa shape index (κ2) is 9.89. The first kappa shape index (κ1) is 20.6. The second-order valence-electron chi connectivity index (χ2n) is 6.17. The minimum Gasteiger partial charge on any atom is -0.493 e. The first-order valence-electron chi connectivity index (χ1n) is 8.98. The van der Waals surface area contributed by atoms with Crippen molar-refractivity contribution in [3.8, 4) is 11.5 Å². The monoisotopic (exact) mass is 452 g/mol. The third kappa shape index (κ3) is 5.45. The molecular weight excluding hydrogens is 432 g/mol. The molecule has 0 unspecified atom stereocenters. The zero-order valence-electron chi connectivity index (χ0n) is 16.2. The highest BCUT2D eigenvalue weighted by atomic mass is 79.9. The largest absolute Gasteiger partial charge is 0.493 e. The highest BCUT2D eigenvalue weighted by Crippen LogP contribution is 2.28. The fourth-order valence-electron chi connectivity index (χ4n) is 2.79. The number of aromatic nitrogens is 1. The lowest BCUT2D eigenvalue weighted by molar-refractivity contribution is -0.114. The van der Waals surface area contributed by atoms with Crippen LogP contribution in [0.3, 0.4) is 0 Å². The number of rotatable bonds is 7. The Kier molecular flexibility index (Phi) is 7.03. The van der Waals surface area contributed by atoms with Crippen molar-refractivity contribution < 1.29 is 14.3 Å². The van der Waals surface area contributed by atoms with Crippen LogP contribution < -0.4 is 14.4 Å². The summed E-state index contributed by atoms with van der Waals surface area (Å²) >= 11 is 3.43. The van der Waals surface area contributed by atoms with E-state index in [1.807, 2.05) is 60.7 Å². The highest BCUT2D eigenvalue weighted by molar-refractivity contribution is 9.10. The Morgan fingerprint density at radius 1 is 1.03 bits per heavy atom. The van der Waals surface area contributed by atoms with Crippen LogP contribution in [0.15, 0.2) is 77.4 Å². The first-order chi connectivity index (χ1) is 14.1. The van der Waals surface area contributed by atoms with E-state index < -0.39 is 0 Å². The molecule has 5 nitrogen and oxygen atoms in total. The zero-order chi connectivity index (χ0) is 20.6. The van der Waals surface area contributed by atoms with Gasteiger partial charge in [-0.15, -0.1) is 0 Å². The van der Waals surface area contributed by atoms with Crippen LogP contribution in [0, 0.1) is 0 Å². The number of methoxy groups -OCH3 is 2. The molecule has 3 aromatic rings. The van der Waals surface area contributed by atoms with Crippen LogP contribution in [0.25, 0.3) is 6.08 Å². The van der Waals surface area contributed by atoms with E-state index in [1.54, 1.807) is 37.5 Å². The second-order valence-corrected chi connectivity index (χ2v) is 7.09. The van der Waals surface area contributed by atoms with Crippen molar-refractivity contribution in [2.75, 3.05) is 19.1 Å². The van der Waals surface area contributed by atoms with Gasteiger partial charge in [-0.1, -0.05) is 28.1 Å². The van der Waals surface area contributed by atoms with Gasteiger partial charge in [-0.05, 0) is 60.2 Å². The summed E-state index contributed by atoms with van der Waals surface area (Å²) < 4.78 is 11.5. The molecule has 0 radical (unpaired) electrons. The molecule has 6 heteroatoms. The van der Waals surface area contributed by atoms with Crippen molar-refractivity contribution >= 4 is 33.6 Å². The number of halogens is 1. The third-order valence-corrected chi connectivity index (χ3v) is 4.81. The Labute approximate surface area is 178 Å². The van der Waals surface area contributed by atoms with Gasteiger partial charge in [0.1, 0.15) is 0 Å². The molecule has 0 atom stereocenters. The molecule has 2 aromatic carbocycles. The molecule has 0 aliphatic rings. The predicted octanol–water partition coefficient (Wildman–Crippen LogP) is 5.11. The summed E-state index contributed by atoms with van der Waals surface area (Å²) in [6.45, 7) is 0.373. The Balaban J connectivity index is 1.86. The summed E-state index contributed by atoms with van der Waals surface area (Å²) in [5.74, 6) is 1.11. The minimum absolute atomic E-state index is 0.146. The van der Waals surface area contributed by atoms with Gasteiger partial charge in [0.15, 0.2) is 11.5 Å². The van der Waals surface area contributed by atoms with Crippen LogP contribution in [0.1, 0.15) is 11.3 Å². The van der Waals surface area contributed by atoms with Crippen molar-refractivity contribution in [3.05, 3.63) is 88.7 Å². The zero-order valence-corrected chi connectivity index (χ0v) is 17.8. The summed E-state index contributed by atoms with van der Waals surface area (Å²) in [6, 6.07) is 18.8. The molecule has 3 rings (SSSR count). The van der Waals surface area contributed by atoms with E-state index >= 15 is 0 Å². The SMILES string of the molecule is COc1ccc(C=CC(=O)N(Cc2ccccn2)c2ccc(Br)cc2)cc1OC. The Hall–Kier alpha value is -3.12. The maximum Gasteiger partial charge on any atom is 0.251 e. The van der Waals surface area contributed by atoms with Crippen molar-refractivity contribution in [3.63, 3.8) is 0 Å². The van der Waals surface area contributed by atoms with Crippen LogP contribution in [-0.4, -0.2) is 25.1 Å². The molecule has 0 fully saturated rings. The van der Waals surface area contributed by atoms with E-state index in [4.69, 9.17) is 9.47 Å². The van der Waals surface area contributed by atoms with Gasteiger partial charge >= 0.3 is 0 Å². The number of hydrogen-bond donors (Lipinski definition) is 0. The van der Waals surface area contributed by atoms with Crippen LogP contribution in [0.4, 0.5) is 5.69 Å². The number of hydrogen-bond acceptors (Lipinski definition) is 4. The molecule has 0 aliphatic carbocycles. The molecule has 0 N–H and O–H groups in total. The summed E-state index contributed by atoms with van der Waals surface area (Å²) in [4.78, 5) is 19.1. The molecule has 29 heavy (non-hydrogen) atoms. The van der Waals surface area contributed by atoms with Crippen molar-refractivity contribution in [2.45, 2.75) is 6.54 Å². The highest BCUT2D eigenvalue weighted by Gasteiger charge is 2.15. The van der Waals surface area contributed by atoms with Crippen LogP contribution in [-0.2, 0) is 11.3 Å². The van der Waals surface area contributed by atoms with Crippen LogP contribution in [0.5, 0.6) is 11.5 Å². The van der Waals surface area contributed by atoms with Crippen LogP contribution >= 0.6 is 15.9 Å². The summed E-state index contributed by atoms with van der Waals surface area (Å²) in [7, 11) is 3.17. The van der Waals surface area contributed by atoms with Gasteiger partial charge in [-0.3, -0.25) is 9.78 Å². The summed E-state index contributed by atoms with van der Waals surface area (Å²) in [5.41, 5.74) is 2.44. The van der Waals surface area contributed by atoms with E-state index in [1.165, 1.54) is 0 Å². The molecule has 1 aromatic heterocycles. The van der Waals surface area contributed by atoms with E-state index in [2.05, 4.69) is 20.9 Å². The molecular formula is C23H21BrN2O3. The van der Waals surface area contributed by atoms with E-state index in [0.717, 1.165) is 21.4 Å². The Morgan fingerprint density at radius 3 is 2.45 bits per heavy atom. The topological polar surface area (TPSA) is 51.7 Å². The lowest BCUT2D eigenvalue weighted by atomic mass is 10.1. The van der Waals surface area contributed by atoms with E-state index in [-0.39, 0.29) is 5.91 Å². The number of anilines is 1. The van der Waals surface area contributed by atoms with Gasteiger partial charge in [0.25, 0.3) is 5.91 Å². The first-order valence-corrected chi connectivity index (χ1v) is 9.77. The van der Waals surface area contributed by atoms with Crippen molar-refractivity contribution in [1.29, 1.82) is 0 Å². The van der Waals surface area contributed by atoms with Gasteiger partial charge in [0.2, 0.25) is 0 Å². The predicted molar refractivity (Wildman–Crippen MR) is 118 cm³/mol. The van der Waals surface area contributed by atoms with Gasteiger partial charge in [-0.2, -0.15) is 0 Å². The lowest BCUT2D eigenvalue weighted by Crippen LogP contribution is -2.29. The van der Waals surface area contributed by atoms with Gasteiger partial charge < -0.3 is 14.4 Å². The molecule has 148 valence electrons. The number of amides is 1. The number of benzene rings is 2. The molecule has 0 aliphatic heterocycles. The smallest absolute Gasteiger partial charge is 0.251 e. The Bertz CT molecular complexity index is 989. The molecule has 0 saturated heterocycles. The maximum absolute atomic E-state index is 13.0. The van der Waals surface area contributed by atoms with Crippen LogP contribution in [0.2, 0.25) is 0 Å². The maximum atomic E-state index is 13.0. The van der Waals surface area contributed by atoms with E-state index in [9.17, 15) is 4.79 Å². The van der Waals surface area contributed by atoms with Gasteiger partial charge in [-0.25, -0.2) is 0 Å². The molecule has 0 saturated carbocycles. The molecule has 1 amide bonds. The fraction of sp³-hybridized carbons (Fsp3) is 0.130. The lowest BCUT2D eigenvalue weighted by Gasteiger charge is -2.21. The standard InChI is InChI=1S/C23H21BrN2O3/c1-28-21-12-6-17(15-22(21)29-2)7-13-23(27)26(16-19-5-3-4-14-25-19)20-10-8-18(24)9-11-20/h3-15H,16H2,1-2H3. The minimum atomic E-state index is -0.146. The molecule has 1 heterocycles. The summed E-state index contributed by atoms with van der Waals surface area (Å²) in [6.07, 6.45) is 5.03. The normalized spacial score (nSPS) is 10.7. The summed E-state index contributed by atoms with van der Waals surface area (Å²) in [5, 5.41) is 0. The fourth-order valence-corrected chi connectivity index (χ4v) is 3.05. The van der Waals surface area contributed by atoms with Crippen molar-refractivity contribution in [1.82, 2.24) is 4.98 Å². The number of ether oxygens (including phenoxy) is 2.